The lowest BCUT2D eigenvalue weighted by atomic mass is 10.2. The standard InChI is InChI=1S/C22H27O7PS2/c1-25-11-12-27-13-14-28-15-16-29-18-5-3-17(4-6-18)19-7-8-20(31-19)21-9-10-22(32-21)30(23,24)26-2/h3-10H,11-16H2,1-2H3,(H,23,24). The molecule has 1 unspecified atom stereocenters. The Balaban J connectivity index is 1.47. The summed E-state index contributed by atoms with van der Waals surface area (Å²) in [7, 11) is -0.831. The smallest absolute Gasteiger partial charge is 0.368 e. The lowest BCUT2D eigenvalue weighted by Gasteiger charge is -2.08. The zero-order valence-electron chi connectivity index (χ0n) is 18.0. The third-order valence-electron chi connectivity index (χ3n) is 4.41. The fraction of sp³-hybridized carbons (Fsp3) is 0.364. The summed E-state index contributed by atoms with van der Waals surface area (Å²) in [6, 6.07) is 15.5. The summed E-state index contributed by atoms with van der Waals surface area (Å²) in [6.45, 7) is 3.19. The first-order valence-corrected chi connectivity index (χ1v) is 13.2. The minimum atomic E-state index is -3.71. The summed E-state index contributed by atoms with van der Waals surface area (Å²) >= 11 is 2.90. The SMILES string of the molecule is COCCOCCOCCOc1ccc(-c2ccc(-c3ccc(P(=O)(O)OC)s3)s2)cc1. The Labute approximate surface area is 196 Å². The first-order chi connectivity index (χ1) is 15.5. The van der Waals surface area contributed by atoms with Crippen molar-refractivity contribution < 1.29 is 32.9 Å². The van der Waals surface area contributed by atoms with Crippen molar-refractivity contribution >= 4 is 34.9 Å². The molecule has 0 radical (unpaired) electrons. The number of rotatable bonds is 14. The van der Waals surface area contributed by atoms with Crippen molar-refractivity contribution in [1.29, 1.82) is 0 Å². The van der Waals surface area contributed by atoms with Gasteiger partial charge in [-0.05, 0) is 54.1 Å². The summed E-state index contributed by atoms with van der Waals surface area (Å²) in [6.07, 6.45) is 0. The van der Waals surface area contributed by atoms with Gasteiger partial charge in [-0.15, -0.1) is 22.7 Å². The van der Waals surface area contributed by atoms with Gasteiger partial charge in [0.2, 0.25) is 0 Å². The maximum Gasteiger partial charge on any atom is 0.368 e. The fourth-order valence-electron chi connectivity index (χ4n) is 2.73. The maximum absolute atomic E-state index is 12.0. The van der Waals surface area contributed by atoms with Gasteiger partial charge in [0.05, 0.1) is 33.0 Å². The van der Waals surface area contributed by atoms with E-state index in [1.54, 1.807) is 24.5 Å². The van der Waals surface area contributed by atoms with Crippen molar-refractivity contribution in [2.75, 3.05) is 53.9 Å². The van der Waals surface area contributed by atoms with Gasteiger partial charge in [0.25, 0.3) is 0 Å². The molecule has 0 spiro atoms. The first kappa shape index (κ1) is 25.1. The van der Waals surface area contributed by atoms with Crippen LogP contribution in [-0.2, 0) is 23.3 Å². The highest BCUT2D eigenvalue weighted by molar-refractivity contribution is 7.68. The molecule has 3 rings (SSSR count). The van der Waals surface area contributed by atoms with Crippen LogP contribution in [0.15, 0.2) is 48.5 Å². The minimum Gasteiger partial charge on any atom is -0.491 e. The maximum atomic E-state index is 12.0. The van der Waals surface area contributed by atoms with E-state index >= 15 is 0 Å². The van der Waals surface area contributed by atoms with Crippen LogP contribution < -0.4 is 9.36 Å². The van der Waals surface area contributed by atoms with Crippen molar-refractivity contribution in [3.05, 3.63) is 48.5 Å². The number of hydrogen-bond acceptors (Lipinski definition) is 8. The van der Waals surface area contributed by atoms with E-state index in [4.69, 9.17) is 23.5 Å². The van der Waals surface area contributed by atoms with Crippen LogP contribution in [0.4, 0.5) is 0 Å². The number of ether oxygens (including phenoxy) is 4. The normalized spacial score (nSPS) is 13.2. The zero-order chi connectivity index (χ0) is 22.8. The molecule has 0 bridgehead atoms. The molecular formula is C22H27O7PS2. The number of thiophene rings is 2. The average Bonchev–Trinajstić information content (AvgIpc) is 3.49. The molecule has 174 valence electrons. The molecule has 1 aromatic carbocycles. The second-order valence-corrected chi connectivity index (χ2v) is 11.0. The van der Waals surface area contributed by atoms with Gasteiger partial charge in [-0.3, -0.25) is 4.57 Å². The van der Waals surface area contributed by atoms with Crippen LogP contribution in [0.2, 0.25) is 0 Å². The molecule has 10 heteroatoms. The highest BCUT2D eigenvalue weighted by Crippen LogP contribution is 2.44. The first-order valence-electron chi connectivity index (χ1n) is 10.0. The molecule has 0 aliphatic rings. The van der Waals surface area contributed by atoms with E-state index in [-0.39, 0.29) is 0 Å². The topological polar surface area (TPSA) is 83.5 Å². The summed E-state index contributed by atoms with van der Waals surface area (Å²) in [5, 5.41) is 0. The largest absolute Gasteiger partial charge is 0.491 e. The quantitative estimate of drug-likeness (QED) is 0.256. The molecule has 2 aromatic heterocycles. The van der Waals surface area contributed by atoms with Crippen molar-refractivity contribution in [3.8, 4) is 25.9 Å². The third-order valence-corrected chi connectivity index (χ3v) is 8.79. The Kier molecular flexibility index (Phi) is 9.90. The fourth-order valence-corrected chi connectivity index (χ4v) is 6.00. The van der Waals surface area contributed by atoms with Gasteiger partial charge in [-0.1, -0.05) is 0 Å². The second kappa shape index (κ2) is 12.6. The molecule has 0 amide bonds. The van der Waals surface area contributed by atoms with Gasteiger partial charge in [0.1, 0.15) is 17.0 Å². The van der Waals surface area contributed by atoms with Gasteiger partial charge in [0, 0.05) is 28.9 Å². The summed E-state index contributed by atoms with van der Waals surface area (Å²) in [4.78, 5) is 12.9. The molecule has 0 fully saturated rings. The number of methoxy groups -OCH3 is 1. The predicted molar refractivity (Wildman–Crippen MR) is 129 cm³/mol. The average molecular weight is 499 g/mol. The van der Waals surface area contributed by atoms with Crippen molar-refractivity contribution in [2.45, 2.75) is 0 Å². The Bertz CT molecular complexity index is 1000. The minimum absolute atomic E-state index is 0.342. The monoisotopic (exact) mass is 498 g/mol. The molecule has 3 aromatic rings. The van der Waals surface area contributed by atoms with Gasteiger partial charge < -0.3 is 28.4 Å². The van der Waals surface area contributed by atoms with Crippen LogP contribution in [0.25, 0.3) is 20.2 Å². The molecular weight excluding hydrogens is 471 g/mol. The summed E-state index contributed by atoms with van der Waals surface area (Å²) in [5.41, 5.74) is 1.08. The molecule has 32 heavy (non-hydrogen) atoms. The van der Waals surface area contributed by atoms with E-state index < -0.39 is 7.60 Å². The van der Waals surface area contributed by atoms with Crippen molar-refractivity contribution in [3.63, 3.8) is 0 Å². The molecule has 1 N–H and O–H groups in total. The van der Waals surface area contributed by atoms with Crippen molar-refractivity contribution in [2.24, 2.45) is 0 Å². The molecule has 0 saturated carbocycles. The second-order valence-electron chi connectivity index (χ2n) is 6.60. The van der Waals surface area contributed by atoms with Crippen LogP contribution in [0.3, 0.4) is 0 Å². The zero-order valence-corrected chi connectivity index (χ0v) is 20.5. The molecule has 0 aliphatic heterocycles. The van der Waals surface area contributed by atoms with Crippen molar-refractivity contribution in [1.82, 2.24) is 0 Å². The predicted octanol–water partition coefficient (Wildman–Crippen LogP) is 4.66. The highest BCUT2D eigenvalue weighted by Gasteiger charge is 2.23. The van der Waals surface area contributed by atoms with E-state index in [1.807, 2.05) is 42.5 Å². The lowest BCUT2D eigenvalue weighted by molar-refractivity contribution is 0.0180. The molecule has 7 nitrogen and oxygen atoms in total. The van der Waals surface area contributed by atoms with Crippen LogP contribution in [0.1, 0.15) is 0 Å². The van der Waals surface area contributed by atoms with Gasteiger partial charge >= 0.3 is 7.60 Å². The molecule has 0 aliphatic carbocycles. The van der Waals surface area contributed by atoms with E-state index in [9.17, 15) is 9.46 Å². The van der Waals surface area contributed by atoms with Gasteiger partial charge in [0.15, 0.2) is 0 Å². The lowest BCUT2D eigenvalue weighted by Crippen LogP contribution is -2.12. The highest BCUT2D eigenvalue weighted by atomic mass is 32.1. The van der Waals surface area contributed by atoms with Crippen LogP contribution in [0.5, 0.6) is 5.75 Å². The van der Waals surface area contributed by atoms with Gasteiger partial charge in [-0.25, -0.2) is 0 Å². The third kappa shape index (κ3) is 7.23. The molecule has 1 atom stereocenters. The van der Waals surface area contributed by atoms with Gasteiger partial charge in [-0.2, -0.15) is 0 Å². The summed E-state index contributed by atoms with van der Waals surface area (Å²) < 4.78 is 38.5. The molecule has 2 heterocycles. The van der Waals surface area contributed by atoms with E-state index in [1.165, 1.54) is 18.4 Å². The van der Waals surface area contributed by atoms with Crippen LogP contribution in [0, 0.1) is 0 Å². The summed E-state index contributed by atoms with van der Waals surface area (Å²) in [5.74, 6) is 0.784. The van der Waals surface area contributed by atoms with E-state index in [0.29, 0.717) is 44.3 Å². The van der Waals surface area contributed by atoms with Crippen LogP contribution in [-0.4, -0.2) is 58.8 Å². The molecule has 0 saturated heterocycles. The number of benzene rings is 1. The Morgan fingerprint density at radius 1 is 0.750 bits per heavy atom. The van der Waals surface area contributed by atoms with E-state index in [2.05, 4.69) is 0 Å². The Morgan fingerprint density at radius 2 is 1.34 bits per heavy atom. The van der Waals surface area contributed by atoms with Crippen LogP contribution >= 0.6 is 30.3 Å². The Hall–Kier alpha value is -1.55. The Morgan fingerprint density at radius 3 is 2.03 bits per heavy atom. The van der Waals surface area contributed by atoms with E-state index in [0.717, 1.165) is 25.9 Å². The number of hydrogen-bond donors (Lipinski definition) is 1.